The molecule has 1 heterocycles. The molecule has 0 aliphatic rings. The van der Waals surface area contributed by atoms with E-state index in [0.29, 0.717) is 0 Å². The van der Waals surface area contributed by atoms with Crippen molar-refractivity contribution in [2.45, 2.75) is 20.8 Å². The summed E-state index contributed by atoms with van der Waals surface area (Å²) in [6, 6.07) is 3.93. The van der Waals surface area contributed by atoms with Gasteiger partial charge >= 0.3 is 0 Å². The van der Waals surface area contributed by atoms with Crippen LogP contribution in [-0.2, 0) is 0 Å². The second-order valence-electron chi connectivity index (χ2n) is 2.87. The number of anilines is 1. The highest BCUT2D eigenvalue weighted by atomic mass is 32.1. The van der Waals surface area contributed by atoms with E-state index in [1.807, 2.05) is 12.1 Å². The molecule has 1 aromatic rings. The Morgan fingerprint density at radius 1 is 1.38 bits per heavy atom. The molecule has 1 aromatic heterocycles. The first-order valence-electron chi connectivity index (χ1n) is 4.54. The molecule has 0 spiro atoms. The van der Waals surface area contributed by atoms with Crippen molar-refractivity contribution < 1.29 is 4.79 Å². The zero-order valence-electron chi connectivity index (χ0n) is 8.33. The van der Waals surface area contributed by atoms with Crippen molar-refractivity contribution in [3.8, 4) is 0 Å². The molecule has 0 aromatic carbocycles. The first-order chi connectivity index (χ1) is 6.19. The van der Waals surface area contributed by atoms with Crippen molar-refractivity contribution in [3.63, 3.8) is 0 Å². The van der Waals surface area contributed by atoms with E-state index in [9.17, 15) is 4.79 Å². The molecule has 0 radical (unpaired) electrons. The van der Waals surface area contributed by atoms with E-state index in [-0.39, 0.29) is 5.78 Å². The molecule has 3 heteroatoms. The Labute approximate surface area is 83.2 Å². The summed E-state index contributed by atoms with van der Waals surface area (Å²) in [6.45, 7) is 7.84. The maximum absolute atomic E-state index is 11.0. The molecule has 13 heavy (non-hydrogen) atoms. The van der Waals surface area contributed by atoms with Crippen LogP contribution in [0.4, 0.5) is 5.00 Å². The van der Waals surface area contributed by atoms with Crippen LogP contribution < -0.4 is 4.90 Å². The van der Waals surface area contributed by atoms with Gasteiger partial charge in [0.1, 0.15) is 0 Å². The van der Waals surface area contributed by atoms with Crippen molar-refractivity contribution in [3.05, 3.63) is 17.0 Å². The Hall–Kier alpha value is -0.830. The third-order valence-electron chi connectivity index (χ3n) is 2.01. The first kappa shape index (κ1) is 10.3. The number of Topliss-reactive ketones (excluding diaryl/α,β-unsaturated/α-hetero) is 1. The van der Waals surface area contributed by atoms with Gasteiger partial charge in [-0.2, -0.15) is 0 Å². The summed E-state index contributed by atoms with van der Waals surface area (Å²) in [7, 11) is 0. The molecular formula is C10H15NOS. The number of nitrogens with zero attached hydrogens (tertiary/aromatic N) is 1. The fraction of sp³-hybridized carbons (Fsp3) is 0.500. The number of carbonyl (C=O) groups is 1. The molecule has 0 amide bonds. The van der Waals surface area contributed by atoms with E-state index in [1.54, 1.807) is 18.3 Å². The van der Waals surface area contributed by atoms with E-state index in [4.69, 9.17) is 0 Å². The molecule has 0 bridgehead atoms. The summed E-state index contributed by atoms with van der Waals surface area (Å²) in [5.41, 5.74) is 0. The zero-order chi connectivity index (χ0) is 9.84. The maximum atomic E-state index is 11.0. The summed E-state index contributed by atoms with van der Waals surface area (Å²) in [5, 5.41) is 1.19. The summed E-state index contributed by atoms with van der Waals surface area (Å²) >= 11 is 1.57. The topological polar surface area (TPSA) is 20.3 Å². The van der Waals surface area contributed by atoms with Gasteiger partial charge in [-0.1, -0.05) is 0 Å². The molecular weight excluding hydrogens is 182 g/mol. The fourth-order valence-electron chi connectivity index (χ4n) is 1.22. The number of ketones is 1. The lowest BCUT2D eigenvalue weighted by Crippen LogP contribution is -2.20. The third-order valence-corrected chi connectivity index (χ3v) is 3.26. The van der Waals surface area contributed by atoms with Gasteiger partial charge in [0.15, 0.2) is 5.78 Å². The Kier molecular flexibility index (Phi) is 3.48. The summed E-state index contributed by atoms with van der Waals surface area (Å²) < 4.78 is 0. The van der Waals surface area contributed by atoms with Gasteiger partial charge < -0.3 is 4.90 Å². The number of thiophene rings is 1. The lowest BCUT2D eigenvalue weighted by Gasteiger charge is -2.17. The molecule has 0 atom stereocenters. The molecule has 0 saturated carbocycles. The van der Waals surface area contributed by atoms with E-state index in [1.165, 1.54) is 5.00 Å². The second kappa shape index (κ2) is 4.42. The van der Waals surface area contributed by atoms with Gasteiger partial charge in [-0.15, -0.1) is 11.3 Å². The average Bonchev–Trinajstić information content (AvgIpc) is 2.56. The molecule has 0 aliphatic heterocycles. The zero-order valence-corrected chi connectivity index (χ0v) is 9.15. The van der Waals surface area contributed by atoms with Crippen molar-refractivity contribution in [1.29, 1.82) is 0 Å². The monoisotopic (exact) mass is 197 g/mol. The maximum Gasteiger partial charge on any atom is 0.169 e. The minimum Gasteiger partial charge on any atom is -0.364 e. The lowest BCUT2D eigenvalue weighted by molar-refractivity contribution is 0.102. The minimum atomic E-state index is 0.156. The van der Waals surface area contributed by atoms with Crippen molar-refractivity contribution in [2.75, 3.05) is 18.0 Å². The first-order valence-corrected chi connectivity index (χ1v) is 5.36. The molecule has 0 aliphatic carbocycles. The fourth-order valence-corrected chi connectivity index (χ4v) is 2.25. The predicted octanol–water partition coefficient (Wildman–Crippen LogP) is 2.80. The SMILES string of the molecule is CCN(CC)c1ccc(C(C)=O)s1. The van der Waals surface area contributed by atoms with Crippen LogP contribution in [0.15, 0.2) is 12.1 Å². The highest BCUT2D eigenvalue weighted by Gasteiger charge is 2.07. The van der Waals surface area contributed by atoms with Crippen molar-refractivity contribution in [1.82, 2.24) is 0 Å². The van der Waals surface area contributed by atoms with E-state index < -0.39 is 0 Å². The summed E-state index contributed by atoms with van der Waals surface area (Å²) in [4.78, 5) is 14.1. The largest absolute Gasteiger partial charge is 0.364 e. The summed E-state index contributed by atoms with van der Waals surface area (Å²) in [5.74, 6) is 0.156. The van der Waals surface area contributed by atoms with Crippen molar-refractivity contribution >= 4 is 22.1 Å². The highest BCUT2D eigenvalue weighted by molar-refractivity contribution is 7.18. The van der Waals surface area contributed by atoms with Crippen LogP contribution in [0.25, 0.3) is 0 Å². The predicted molar refractivity (Wildman–Crippen MR) is 57.9 cm³/mol. The third kappa shape index (κ3) is 2.31. The van der Waals surface area contributed by atoms with Crippen LogP contribution in [0.2, 0.25) is 0 Å². The van der Waals surface area contributed by atoms with Gasteiger partial charge in [-0.05, 0) is 32.9 Å². The molecule has 0 unspecified atom stereocenters. The smallest absolute Gasteiger partial charge is 0.169 e. The molecule has 2 nitrogen and oxygen atoms in total. The number of hydrogen-bond donors (Lipinski definition) is 0. The van der Waals surface area contributed by atoms with Crippen LogP contribution in [0.3, 0.4) is 0 Å². The van der Waals surface area contributed by atoms with Gasteiger partial charge in [-0.25, -0.2) is 0 Å². The Bertz CT molecular complexity index is 289. The van der Waals surface area contributed by atoms with E-state index in [0.717, 1.165) is 18.0 Å². The van der Waals surface area contributed by atoms with Gasteiger partial charge in [0.2, 0.25) is 0 Å². The highest BCUT2D eigenvalue weighted by Crippen LogP contribution is 2.25. The molecule has 0 N–H and O–H groups in total. The van der Waals surface area contributed by atoms with Gasteiger partial charge in [-0.3, -0.25) is 4.79 Å². The minimum absolute atomic E-state index is 0.156. The van der Waals surface area contributed by atoms with Gasteiger partial charge in [0, 0.05) is 13.1 Å². The lowest BCUT2D eigenvalue weighted by atomic mass is 10.3. The normalized spacial score (nSPS) is 10.1. The average molecular weight is 197 g/mol. The molecule has 0 saturated heterocycles. The Balaban J connectivity index is 2.84. The quantitative estimate of drug-likeness (QED) is 0.692. The number of rotatable bonds is 4. The van der Waals surface area contributed by atoms with Crippen LogP contribution in [0, 0.1) is 0 Å². The number of carbonyl (C=O) groups excluding carboxylic acids is 1. The molecule has 72 valence electrons. The summed E-state index contributed by atoms with van der Waals surface area (Å²) in [6.07, 6.45) is 0. The molecule has 1 rings (SSSR count). The Morgan fingerprint density at radius 3 is 2.38 bits per heavy atom. The van der Waals surface area contributed by atoms with Crippen LogP contribution in [-0.4, -0.2) is 18.9 Å². The van der Waals surface area contributed by atoms with Crippen LogP contribution >= 0.6 is 11.3 Å². The van der Waals surface area contributed by atoms with Gasteiger partial charge in [0.25, 0.3) is 0 Å². The second-order valence-corrected chi connectivity index (χ2v) is 3.93. The van der Waals surface area contributed by atoms with Crippen molar-refractivity contribution in [2.24, 2.45) is 0 Å². The Morgan fingerprint density at radius 2 is 2.00 bits per heavy atom. The van der Waals surface area contributed by atoms with E-state index >= 15 is 0 Å². The van der Waals surface area contributed by atoms with E-state index in [2.05, 4.69) is 18.7 Å². The van der Waals surface area contributed by atoms with Crippen LogP contribution in [0.5, 0.6) is 0 Å². The van der Waals surface area contributed by atoms with Crippen LogP contribution in [0.1, 0.15) is 30.4 Å². The van der Waals surface area contributed by atoms with Gasteiger partial charge in [0.05, 0.1) is 9.88 Å². The standard InChI is InChI=1S/C10H15NOS/c1-4-11(5-2)10-7-6-9(13-10)8(3)12/h6-7H,4-5H2,1-3H3. The molecule has 0 fully saturated rings. The number of hydrogen-bond acceptors (Lipinski definition) is 3.